The Balaban J connectivity index is 2.08. The molecule has 25 heavy (non-hydrogen) atoms. The van der Waals surface area contributed by atoms with Gasteiger partial charge in [0, 0.05) is 39.6 Å². The van der Waals surface area contributed by atoms with E-state index in [1.165, 1.54) is 30.0 Å². The largest absolute Gasteiger partial charge is 0.396 e. The molecule has 0 bridgehead atoms. The molecular weight excluding hydrogens is 361 g/mol. The van der Waals surface area contributed by atoms with E-state index in [-0.39, 0.29) is 18.3 Å². The summed E-state index contributed by atoms with van der Waals surface area (Å²) in [5, 5.41) is 12.0. The molecule has 3 nitrogen and oxygen atoms in total. The van der Waals surface area contributed by atoms with Gasteiger partial charge < -0.3 is 10.4 Å². The molecule has 0 radical (unpaired) electrons. The number of aliphatic hydroxyl groups excluding tert-OH is 1. The fraction of sp³-hybridized carbons (Fsp3) is 0.211. The van der Waals surface area contributed by atoms with Crippen molar-refractivity contribution in [1.29, 1.82) is 0 Å². The Labute approximate surface area is 155 Å². The molecule has 0 heterocycles. The number of carbonyl (C=O) groups excluding carboxylic acids is 1. The summed E-state index contributed by atoms with van der Waals surface area (Å²) in [5.74, 6) is -0.674. The van der Waals surface area contributed by atoms with E-state index < -0.39 is 0 Å². The lowest BCUT2D eigenvalue weighted by Crippen LogP contribution is -2.22. The summed E-state index contributed by atoms with van der Waals surface area (Å²) < 4.78 is 14.2. The lowest BCUT2D eigenvalue weighted by Gasteiger charge is -2.07. The highest BCUT2D eigenvalue weighted by molar-refractivity contribution is 7.99. The lowest BCUT2D eigenvalue weighted by atomic mass is 10.2. The van der Waals surface area contributed by atoms with Crippen LogP contribution in [0.1, 0.15) is 18.4 Å². The molecule has 0 atom stereocenters. The molecule has 0 aliphatic rings. The molecule has 0 unspecified atom stereocenters. The van der Waals surface area contributed by atoms with Crippen molar-refractivity contribution in [3.8, 4) is 0 Å². The van der Waals surface area contributed by atoms with Gasteiger partial charge in [0.05, 0.1) is 0 Å². The standard InChI is InChI=1S/C19H19ClFNO2S/c20-14-6-8-15(9-7-14)25-18-5-3-4-17(21)16(18)10-11-19(24)22-12-1-2-13-23/h3-11,23H,1-2,12-13H2,(H,22,24). The van der Waals surface area contributed by atoms with E-state index in [9.17, 15) is 9.18 Å². The highest BCUT2D eigenvalue weighted by atomic mass is 35.5. The van der Waals surface area contributed by atoms with Gasteiger partial charge in [-0.3, -0.25) is 4.79 Å². The van der Waals surface area contributed by atoms with Crippen LogP contribution in [0.15, 0.2) is 58.3 Å². The van der Waals surface area contributed by atoms with Gasteiger partial charge in [0.25, 0.3) is 0 Å². The predicted molar refractivity (Wildman–Crippen MR) is 100 cm³/mol. The fourth-order valence-electron chi connectivity index (χ4n) is 2.06. The number of carbonyl (C=O) groups is 1. The molecular formula is C19H19ClFNO2S. The molecule has 0 aromatic heterocycles. The first-order valence-electron chi connectivity index (χ1n) is 7.89. The molecule has 6 heteroatoms. The smallest absolute Gasteiger partial charge is 0.244 e. The summed E-state index contributed by atoms with van der Waals surface area (Å²) >= 11 is 7.28. The third-order valence-corrected chi connectivity index (χ3v) is 4.68. The molecule has 0 aliphatic carbocycles. The van der Waals surface area contributed by atoms with Crippen molar-refractivity contribution in [3.05, 3.63) is 64.9 Å². The van der Waals surface area contributed by atoms with E-state index >= 15 is 0 Å². The number of rotatable bonds is 8. The number of amides is 1. The molecule has 2 rings (SSSR count). The Morgan fingerprint density at radius 3 is 2.68 bits per heavy atom. The summed E-state index contributed by atoms with van der Waals surface area (Å²) in [7, 11) is 0. The monoisotopic (exact) mass is 379 g/mol. The van der Waals surface area contributed by atoms with Crippen LogP contribution in [0.5, 0.6) is 0 Å². The number of benzene rings is 2. The molecule has 0 saturated carbocycles. The first-order valence-corrected chi connectivity index (χ1v) is 9.08. The number of aliphatic hydroxyl groups is 1. The van der Waals surface area contributed by atoms with E-state index in [1.807, 2.05) is 12.1 Å². The zero-order valence-corrected chi connectivity index (χ0v) is 15.1. The van der Waals surface area contributed by atoms with Gasteiger partial charge in [-0.1, -0.05) is 29.4 Å². The molecule has 0 aliphatic heterocycles. The molecule has 0 saturated heterocycles. The van der Waals surface area contributed by atoms with Crippen LogP contribution >= 0.6 is 23.4 Å². The van der Waals surface area contributed by atoms with Crippen molar-refractivity contribution in [2.75, 3.05) is 13.2 Å². The molecule has 0 spiro atoms. The summed E-state index contributed by atoms with van der Waals surface area (Å²) in [6.07, 6.45) is 4.14. The van der Waals surface area contributed by atoms with Crippen molar-refractivity contribution in [2.45, 2.75) is 22.6 Å². The highest BCUT2D eigenvalue weighted by Gasteiger charge is 2.08. The van der Waals surface area contributed by atoms with E-state index in [0.29, 0.717) is 34.9 Å². The van der Waals surface area contributed by atoms with Gasteiger partial charge in [0.2, 0.25) is 5.91 Å². The Morgan fingerprint density at radius 2 is 1.96 bits per heavy atom. The quantitative estimate of drug-likeness (QED) is 0.523. The van der Waals surface area contributed by atoms with Crippen molar-refractivity contribution in [3.63, 3.8) is 0 Å². The van der Waals surface area contributed by atoms with Crippen LogP contribution in [-0.4, -0.2) is 24.2 Å². The SMILES string of the molecule is O=C(C=Cc1c(F)cccc1Sc1ccc(Cl)cc1)NCCCCO. The molecule has 1 amide bonds. The normalized spacial score (nSPS) is 11.0. The van der Waals surface area contributed by atoms with Crippen molar-refractivity contribution >= 4 is 35.3 Å². The molecule has 2 aromatic carbocycles. The van der Waals surface area contributed by atoms with Crippen LogP contribution in [0.25, 0.3) is 6.08 Å². The van der Waals surface area contributed by atoms with Crippen LogP contribution in [-0.2, 0) is 4.79 Å². The third-order valence-electron chi connectivity index (χ3n) is 3.34. The molecule has 0 fully saturated rings. The lowest BCUT2D eigenvalue weighted by molar-refractivity contribution is -0.116. The summed E-state index contributed by atoms with van der Waals surface area (Å²) in [5.41, 5.74) is 0.368. The molecule has 2 aromatic rings. The van der Waals surface area contributed by atoms with Gasteiger partial charge in [0.1, 0.15) is 5.82 Å². The van der Waals surface area contributed by atoms with Gasteiger partial charge in [-0.25, -0.2) is 4.39 Å². The average molecular weight is 380 g/mol. The summed E-state index contributed by atoms with van der Waals surface area (Å²) in [6.45, 7) is 0.583. The first kappa shape index (κ1) is 19.5. The fourth-order valence-corrected chi connectivity index (χ4v) is 3.14. The maximum absolute atomic E-state index is 14.2. The second-order valence-electron chi connectivity index (χ2n) is 5.26. The molecule has 2 N–H and O–H groups in total. The Morgan fingerprint density at radius 1 is 1.20 bits per heavy atom. The maximum Gasteiger partial charge on any atom is 0.244 e. The van der Waals surface area contributed by atoms with E-state index in [2.05, 4.69) is 5.32 Å². The summed E-state index contributed by atoms with van der Waals surface area (Å²) in [6, 6.07) is 12.1. The zero-order valence-electron chi connectivity index (χ0n) is 13.5. The predicted octanol–water partition coefficient (Wildman–Crippen LogP) is 4.53. The van der Waals surface area contributed by atoms with Gasteiger partial charge in [-0.05, 0) is 55.3 Å². The van der Waals surface area contributed by atoms with Crippen LogP contribution in [0.3, 0.4) is 0 Å². The zero-order chi connectivity index (χ0) is 18.1. The minimum atomic E-state index is -0.386. The minimum absolute atomic E-state index is 0.103. The number of hydrogen-bond acceptors (Lipinski definition) is 3. The van der Waals surface area contributed by atoms with Crippen molar-refractivity contribution in [2.24, 2.45) is 0 Å². The van der Waals surface area contributed by atoms with Crippen LogP contribution < -0.4 is 5.32 Å². The Hall–Kier alpha value is -1.82. The Bertz CT molecular complexity index is 735. The minimum Gasteiger partial charge on any atom is -0.396 e. The number of halogens is 2. The third kappa shape index (κ3) is 6.53. The van der Waals surface area contributed by atoms with E-state index in [1.54, 1.807) is 24.3 Å². The second-order valence-corrected chi connectivity index (χ2v) is 6.81. The number of unbranched alkanes of at least 4 members (excludes halogenated alkanes) is 1. The van der Waals surface area contributed by atoms with Crippen LogP contribution in [0.2, 0.25) is 5.02 Å². The maximum atomic E-state index is 14.2. The average Bonchev–Trinajstić information content (AvgIpc) is 2.60. The topological polar surface area (TPSA) is 49.3 Å². The van der Waals surface area contributed by atoms with Gasteiger partial charge in [-0.15, -0.1) is 0 Å². The Kier molecular flexibility index (Phi) is 7.98. The highest BCUT2D eigenvalue weighted by Crippen LogP contribution is 2.33. The summed E-state index contributed by atoms with van der Waals surface area (Å²) in [4.78, 5) is 13.4. The van der Waals surface area contributed by atoms with Crippen LogP contribution in [0, 0.1) is 5.82 Å². The van der Waals surface area contributed by atoms with E-state index in [4.69, 9.17) is 16.7 Å². The second kappa shape index (κ2) is 10.2. The molecule has 132 valence electrons. The van der Waals surface area contributed by atoms with Gasteiger partial charge in [0.15, 0.2) is 0 Å². The number of hydrogen-bond donors (Lipinski definition) is 2. The van der Waals surface area contributed by atoms with Crippen molar-refractivity contribution in [1.82, 2.24) is 5.32 Å². The van der Waals surface area contributed by atoms with Gasteiger partial charge >= 0.3 is 0 Å². The van der Waals surface area contributed by atoms with Crippen LogP contribution in [0.4, 0.5) is 4.39 Å². The van der Waals surface area contributed by atoms with E-state index in [0.717, 1.165) is 4.90 Å². The number of nitrogens with one attached hydrogen (secondary N) is 1. The first-order chi connectivity index (χ1) is 12.1. The van der Waals surface area contributed by atoms with Crippen molar-refractivity contribution < 1.29 is 14.3 Å². The van der Waals surface area contributed by atoms with Gasteiger partial charge in [-0.2, -0.15) is 0 Å².